The molecule has 1 atom stereocenters. The number of nitrogens with one attached hydrogen (secondary N) is 2. The normalized spacial score (nSPS) is 23.0. The summed E-state index contributed by atoms with van der Waals surface area (Å²) in [5, 5.41) is 14.1. The number of amides is 2. The van der Waals surface area contributed by atoms with Gasteiger partial charge in [-0.3, -0.25) is 14.4 Å². The number of allylic oxidation sites excluding steroid dienone is 1. The number of hydrogen-bond acceptors (Lipinski definition) is 5. The van der Waals surface area contributed by atoms with Crippen LogP contribution >= 0.6 is 23.4 Å². The number of benzene rings is 1. The Bertz CT molecular complexity index is 873. The van der Waals surface area contributed by atoms with Crippen molar-refractivity contribution in [1.29, 1.82) is 0 Å². The number of thioether (sulfide) groups is 1. The fourth-order valence-electron chi connectivity index (χ4n) is 3.54. The van der Waals surface area contributed by atoms with Crippen molar-refractivity contribution in [2.75, 3.05) is 13.1 Å². The molecular weight excluding hydrogens is 447 g/mol. The van der Waals surface area contributed by atoms with Crippen LogP contribution in [0.3, 0.4) is 0 Å². The smallest absolute Gasteiger partial charge is 0.306 e. The van der Waals surface area contributed by atoms with Gasteiger partial charge < -0.3 is 20.5 Å². The molecule has 0 spiro atoms. The van der Waals surface area contributed by atoms with E-state index in [1.807, 2.05) is 0 Å². The maximum Gasteiger partial charge on any atom is 0.306 e. The van der Waals surface area contributed by atoms with Crippen LogP contribution in [0.4, 0.5) is 4.39 Å². The van der Waals surface area contributed by atoms with Gasteiger partial charge in [-0.2, -0.15) is 0 Å². The van der Waals surface area contributed by atoms with Gasteiger partial charge in [0.05, 0.1) is 27.2 Å². The van der Waals surface area contributed by atoms with Crippen molar-refractivity contribution < 1.29 is 28.6 Å². The van der Waals surface area contributed by atoms with Crippen LogP contribution in [0, 0.1) is 11.7 Å². The van der Waals surface area contributed by atoms with E-state index in [4.69, 9.17) is 21.4 Å². The highest BCUT2D eigenvalue weighted by molar-refractivity contribution is 8.06. The van der Waals surface area contributed by atoms with Crippen molar-refractivity contribution in [2.45, 2.75) is 43.5 Å². The lowest BCUT2D eigenvalue weighted by Crippen LogP contribution is -2.38. The van der Waals surface area contributed by atoms with Crippen LogP contribution in [-0.4, -0.2) is 47.3 Å². The molecular formula is C21H24ClFN2O5S. The van der Waals surface area contributed by atoms with E-state index in [1.165, 1.54) is 23.9 Å². The molecule has 0 aromatic heterocycles. The van der Waals surface area contributed by atoms with Crippen molar-refractivity contribution in [3.05, 3.63) is 40.0 Å². The Kier molecular flexibility index (Phi) is 8.20. The molecule has 1 aliphatic carbocycles. The van der Waals surface area contributed by atoms with Gasteiger partial charge in [0.1, 0.15) is 11.6 Å². The van der Waals surface area contributed by atoms with E-state index < -0.39 is 17.7 Å². The lowest BCUT2D eigenvalue weighted by atomic mass is 9.87. The monoisotopic (exact) mass is 470 g/mol. The Balaban J connectivity index is 1.41. The summed E-state index contributed by atoms with van der Waals surface area (Å²) in [6.07, 6.45) is 4.44. The van der Waals surface area contributed by atoms with Crippen LogP contribution in [0.5, 0.6) is 5.75 Å². The van der Waals surface area contributed by atoms with Crippen LogP contribution in [0.1, 0.15) is 42.5 Å². The zero-order valence-electron chi connectivity index (χ0n) is 16.7. The Morgan fingerprint density at radius 2 is 1.87 bits per heavy atom. The zero-order chi connectivity index (χ0) is 22.4. The molecule has 2 amide bonds. The first kappa shape index (κ1) is 23.4. The van der Waals surface area contributed by atoms with E-state index in [1.54, 1.807) is 6.08 Å². The largest absolute Gasteiger partial charge is 0.490 e. The van der Waals surface area contributed by atoms with Gasteiger partial charge in [-0.15, -0.1) is 11.8 Å². The predicted molar refractivity (Wildman–Crippen MR) is 116 cm³/mol. The SMILES string of the molecule is O=C(NCCNC(=O)C1CC=C(Cl)S1)c1ccc(O[C@H]2CC[C@@H](C(=O)O)CC2)cc1F. The lowest BCUT2D eigenvalue weighted by molar-refractivity contribution is -0.143. The molecule has 1 aliphatic heterocycles. The van der Waals surface area contributed by atoms with Crippen LogP contribution in [0.25, 0.3) is 0 Å². The number of aliphatic carboxylic acids is 1. The number of carbonyl (C=O) groups excluding carboxylic acids is 2. The molecule has 1 fully saturated rings. The van der Waals surface area contributed by atoms with E-state index >= 15 is 0 Å². The summed E-state index contributed by atoms with van der Waals surface area (Å²) in [7, 11) is 0. The van der Waals surface area contributed by atoms with Crippen LogP contribution < -0.4 is 15.4 Å². The topological polar surface area (TPSA) is 105 Å². The van der Waals surface area contributed by atoms with Gasteiger partial charge in [-0.25, -0.2) is 4.39 Å². The van der Waals surface area contributed by atoms with E-state index in [2.05, 4.69) is 10.6 Å². The fourth-order valence-corrected chi connectivity index (χ4v) is 4.80. The number of carboxylic acids is 1. The second-order valence-corrected chi connectivity index (χ2v) is 9.34. The highest BCUT2D eigenvalue weighted by Gasteiger charge is 2.27. The van der Waals surface area contributed by atoms with Crippen molar-refractivity contribution in [3.8, 4) is 5.75 Å². The van der Waals surface area contributed by atoms with Crippen LogP contribution in [0.15, 0.2) is 28.6 Å². The van der Waals surface area contributed by atoms with Crippen molar-refractivity contribution in [2.24, 2.45) is 5.92 Å². The molecule has 1 heterocycles. The molecule has 2 aliphatic rings. The first-order valence-electron chi connectivity index (χ1n) is 10.1. The molecule has 1 aromatic carbocycles. The van der Waals surface area contributed by atoms with Crippen molar-refractivity contribution >= 4 is 41.1 Å². The molecule has 0 radical (unpaired) electrons. The van der Waals surface area contributed by atoms with Crippen molar-refractivity contribution in [1.82, 2.24) is 10.6 Å². The van der Waals surface area contributed by atoms with Gasteiger partial charge >= 0.3 is 5.97 Å². The Hall–Kier alpha value is -2.26. The van der Waals surface area contributed by atoms with Gasteiger partial charge in [-0.1, -0.05) is 17.7 Å². The minimum atomic E-state index is -0.793. The molecule has 168 valence electrons. The Morgan fingerprint density at radius 1 is 1.16 bits per heavy atom. The van der Waals surface area contributed by atoms with E-state index in [0.29, 0.717) is 42.2 Å². The molecule has 1 unspecified atom stereocenters. The lowest BCUT2D eigenvalue weighted by Gasteiger charge is -2.26. The maximum absolute atomic E-state index is 14.4. The number of rotatable bonds is 8. The summed E-state index contributed by atoms with van der Waals surface area (Å²) in [6, 6.07) is 4.04. The molecule has 1 saturated carbocycles. The summed E-state index contributed by atoms with van der Waals surface area (Å²) in [4.78, 5) is 35.2. The summed E-state index contributed by atoms with van der Waals surface area (Å²) in [5.74, 6) is -2.28. The molecule has 31 heavy (non-hydrogen) atoms. The quantitative estimate of drug-likeness (QED) is 0.504. The molecule has 0 saturated heterocycles. The van der Waals surface area contributed by atoms with Gasteiger partial charge in [0.25, 0.3) is 5.91 Å². The number of carboxylic acid groups (broad SMARTS) is 1. The number of carbonyl (C=O) groups is 3. The third kappa shape index (κ3) is 6.61. The Labute approximate surface area is 188 Å². The van der Waals surface area contributed by atoms with E-state index in [-0.39, 0.29) is 41.8 Å². The molecule has 1 aromatic rings. The standard InChI is InChI=1S/C21H24ClFN2O5S/c22-18-8-7-17(31-18)20(27)25-10-9-24-19(26)15-6-5-14(11-16(15)23)30-13-3-1-12(2-4-13)21(28)29/h5-6,8,11-13,17H,1-4,7,9-10H2,(H,24,26)(H,25,27)(H,28,29)/t12-,13+,17?. The molecule has 3 rings (SSSR count). The molecule has 3 N–H and O–H groups in total. The minimum Gasteiger partial charge on any atom is -0.490 e. The maximum atomic E-state index is 14.4. The number of halogens is 2. The van der Waals surface area contributed by atoms with Gasteiger partial charge in [0.2, 0.25) is 5.91 Å². The van der Waals surface area contributed by atoms with Gasteiger partial charge in [-0.05, 0) is 44.2 Å². The second kappa shape index (κ2) is 10.9. The molecule has 7 nitrogen and oxygen atoms in total. The first-order chi connectivity index (χ1) is 14.8. The van der Waals surface area contributed by atoms with E-state index in [9.17, 15) is 18.8 Å². The average molecular weight is 471 g/mol. The highest BCUT2D eigenvalue weighted by Crippen LogP contribution is 2.34. The molecule has 10 heteroatoms. The third-order valence-corrected chi connectivity index (χ3v) is 6.77. The number of ether oxygens (including phenoxy) is 1. The predicted octanol–water partition coefficient (Wildman–Crippen LogP) is 3.28. The summed E-state index contributed by atoms with van der Waals surface area (Å²) in [6.45, 7) is 0.384. The van der Waals surface area contributed by atoms with Crippen molar-refractivity contribution in [3.63, 3.8) is 0 Å². The summed E-state index contributed by atoms with van der Waals surface area (Å²) >= 11 is 7.13. The third-order valence-electron chi connectivity index (χ3n) is 5.26. The first-order valence-corrected chi connectivity index (χ1v) is 11.4. The van der Waals surface area contributed by atoms with Gasteiger partial charge in [0, 0.05) is 19.2 Å². The second-order valence-electron chi connectivity index (χ2n) is 7.47. The van der Waals surface area contributed by atoms with Crippen LogP contribution in [0.2, 0.25) is 0 Å². The van der Waals surface area contributed by atoms with E-state index in [0.717, 1.165) is 6.07 Å². The number of hydrogen-bond donors (Lipinski definition) is 3. The minimum absolute atomic E-state index is 0.115. The summed E-state index contributed by atoms with van der Waals surface area (Å²) < 4.78 is 20.7. The average Bonchev–Trinajstić information content (AvgIpc) is 3.18. The molecule has 0 bridgehead atoms. The Morgan fingerprint density at radius 3 is 2.48 bits per heavy atom. The van der Waals surface area contributed by atoms with Crippen LogP contribution in [-0.2, 0) is 9.59 Å². The fraction of sp³-hybridized carbons (Fsp3) is 0.476. The highest BCUT2D eigenvalue weighted by atomic mass is 35.5. The van der Waals surface area contributed by atoms with Gasteiger partial charge in [0.15, 0.2) is 0 Å². The zero-order valence-corrected chi connectivity index (χ0v) is 18.3. The summed E-state index contributed by atoms with van der Waals surface area (Å²) in [5.41, 5.74) is -0.115.